The first-order valence-electron chi connectivity index (χ1n) is 10.6. The number of morpholine rings is 1. The van der Waals surface area contributed by atoms with Gasteiger partial charge in [0.2, 0.25) is 11.2 Å². The maximum absolute atomic E-state index is 14.0. The summed E-state index contributed by atoms with van der Waals surface area (Å²) in [5, 5.41) is 10.3. The SMILES string of the molecule is CC(C)c1ccccc1Oc1c(C(F)(F)F)oc2c(CN3CCOCC3)c(O)ccc2c1=O. The summed E-state index contributed by atoms with van der Waals surface area (Å²) >= 11 is 0. The van der Waals surface area contributed by atoms with Crippen LogP contribution in [0, 0.1) is 0 Å². The van der Waals surface area contributed by atoms with Gasteiger partial charge in [0.15, 0.2) is 0 Å². The number of phenols is 1. The van der Waals surface area contributed by atoms with Gasteiger partial charge >= 0.3 is 6.18 Å². The van der Waals surface area contributed by atoms with Crippen molar-refractivity contribution in [3.05, 3.63) is 63.5 Å². The number of aromatic hydroxyl groups is 1. The largest absolute Gasteiger partial charge is 0.507 e. The van der Waals surface area contributed by atoms with Crippen LogP contribution in [0.2, 0.25) is 0 Å². The Kier molecular flexibility index (Phi) is 6.36. The first kappa shape index (κ1) is 23.1. The van der Waals surface area contributed by atoms with E-state index in [4.69, 9.17) is 13.9 Å². The van der Waals surface area contributed by atoms with Crippen LogP contribution in [-0.2, 0) is 17.5 Å². The summed E-state index contributed by atoms with van der Waals surface area (Å²) in [7, 11) is 0. The van der Waals surface area contributed by atoms with Crippen LogP contribution in [0.4, 0.5) is 13.2 Å². The molecule has 0 aliphatic carbocycles. The fourth-order valence-corrected chi connectivity index (χ4v) is 3.86. The van der Waals surface area contributed by atoms with Crippen LogP contribution in [-0.4, -0.2) is 36.3 Å². The van der Waals surface area contributed by atoms with E-state index in [9.17, 15) is 23.1 Å². The predicted octanol–water partition coefficient (Wildman–Crippen LogP) is 5.27. The molecule has 2 heterocycles. The Balaban J connectivity index is 1.89. The first-order chi connectivity index (χ1) is 15.7. The van der Waals surface area contributed by atoms with Crippen molar-refractivity contribution in [2.75, 3.05) is 26.3 Å². The number of nitrogens with zero attached hydrogens (tertiary/aromatic N) is 1. The highest BCUT2D eigenvalue weighted by Crippen LogP contribution is 2.41. The molecule has 0 radical (unpaired) electrons. The highest BCUT2D eigenvalue weighted by atomic mass is 19.4. The van der Waals surface area contributed by atoms with Crippen LogP contribution in [0.3, 0.4) is 0 Å². The molecule has 9 heteroatoms. The van der Waals surface area contributed by atoms with Crippen molar-refractivity contribution in [2.45, 2.75) is 32.5 Å². The van der Waals surface area contributed by atoms with Gasteiger partial charge in [-0.15, -0.1) is 0 Å². The molecule has 0 atom stereocenters. The maximum Gasteiger partial charge on any atom is 0.453 e. The third kappa shape index (κ3) is 4.69. The summed E-state index contributed by atoms with van der Waals surface area (Å²) in [5.74, 6) is -2.60. The second-order valence-electron chi connectivity index (χ2n) is 8.21. The number of ether oxygens (including phenoxy) is 2. The van der Waals surface area contributed by atoms with Crippen molar-refractivity contribution in [3.63, 3.8) is 0 Å². The Morgan fingerprint density at radius 3 is 2.48 bits per heavy atom. The van der Waals surface area contributed by atoms with Gasteiger partial charge in [0, 0.05) is 19.6 Å². The van der Waals surface area contributed by atoms with Crippen LogP contribution < -0.4 is 10.2 Å². The van der Waals surface area contributed by atoms with Gasteiger partial charge in [-0.05, 0) is 29.7 Å². The van der Waals surface area contributed by atoms with Crippen LogP contribution in [0.1, 0.15) is 36.7 Å². The van der Waals surface area contributed by atoms with Gasteiger partial charge < -0.3 is 19.0 Å². The van der Waals surface area contributed by atoms with E-state index >= 15 is 0 Å². The Bertz CT molecular complexity index is 1210. The van der Waals surface area contributed by atoms with E-state index in [1.807, 2.05) is 18.7 Å². The van der Waals surface area contributed by atoms with Gasteiger partial charge in [-0.25, -0.2) is 0 Å². The molecule has 1 aromatic heterocycles. The lowest BCUT2D eigenvalue weighted by Crippen LogP contribution is -2.35. The van der Waals surface area contributed by atoms with E-state index in [2.05, 4.69) is 0 Å². The molecule has 1 N–H and O–H groups in total. The minimum absolute atomic E-state index is 0.0416. The molecule has 0 unspecified atom stereocenters. The van der Waals surface area contributed by atoms with E-state index in [0.29, 0.717) is 31.9 Å². The van der Waals surface area contributed by atoms with Crippen LogP contribution in [0.25, 0.3) is 11.0 Å². The molecular formula is C24H24F3NO5. The molecule has 4 rings (SSSR count). The molecule has 0 bridgehead atoms. The zero-order chi connectivity index (χ0) is 23.8. The van der Waals surface area contributed by atoms with Gasteiger partial charge in [0.1, 0.15) is 17.1 Å². The van der Waals surface area contributed by atoms with Gasteiger partial charge in [-0.3, -0.25) is 9.69 Å². The Hall–Kier alpha value is -3.04. The standard InChI is InChI=1S/C24H24F3NO5/c1-14(2)15-5-3-4-6-19(15)32-22-20(30)16-7-8-18(29)17(13-28-9-11-31-12-10-28)21(16)33-23(22)24(25,26)27/h3-8,14,29H,9-13H2,1-2H3. The zero-order valence-corrected chi connectivity index (χ0v) is 18.2. The summed E-state index contributed by atoms with van der Waals surface area (Å²) in [5.41, 5.74) is -0.483. The monoisotopic (exact) mass is 463 g/mol. The molecule has 1 saturated heterocycles. The molecule has 33 heavy (non-hydrogen) atoms. The van der Waals surface area contributed by atoms with Gasteiger partial charge in [-0.1, -0.05) is 32.0 Å². The van der Waals surface area contributed by atoms with Crippen molar-refractivity contribution < 1.29 is 32.2 Å². The summed E-state index contributed by atoms with van der Waals surface area (Å²) < 4.78 is 58.2. The smallest absolute Gasteiger partial charge is 0.453 e. The highest BCUT2D eigenvalue weighted by molar-refractivity contribution is 5.83. The van der Waals surface area contributed by atoms with E-state index in [-0.39, 0.29) is 40.5 Å². The number of halogens is 3. The van der Waals surface area contributed by atoms with Crippen LogP contribution >= 0.6 is 0 Å². The average molecular weight is 463 g/mol. The number of rotatable bonds is 5. The Morgan fingerprint density at radius 2 is 1.82 bits per heavy atom. The van der Waals surface area contributed by atoms with E-state index in [1.54, 1.807) is 18.2 Å². The molecule has 1 fully saturated rings. The first-order valence-corrected chi connectivity index (χ1v) is 10.6. The van der Waals surface area contributed by atoms with Crippen molar-refractivity contribution in [2.24, 2.45) is 0 Å². The fourth-order valence-electron chi connectivity index (χ4n) is 3.86. The van der Waals surface area contributed by atoms with Crippen LogP contribution in [0.5, 0.6) is 17.2 Å². The molecule has 176 valence electrons. The van der Waals surface area contributed by atoms with E-state index < -0.39 is 23.1 Å². The molecule has 6 nitrogen and oxygen atoms in total. The summed E-state index contributed by atoms with van der Waals surface area (Å²) in [6.45, 7) is 5.88. The van der Waals surface area contributed by atoms with Gasteiger partial charge in [0.05, 0.1) is 24.2 Å². The average Bonchev–Trinajstić information content (AvgIpc) is 2.77. The number of para-hydroxylation sites is 1. The molecule has 2 aromatic carbocycles. The normalized spacial score (nSPS) is 15.3. The van der Waals surface area contributed by atoms with Crippen molar-refractivity contribution in [1.82, 2.24) is 4.90 Å². The van der Waals surface area contributed by atoms with Crippen molar-refractivity contribution >= 4 is 11.0 Å². The number of phenolic OH excluding ortho intramolecular Hbond substituents is 1. The molecule has 0 saturated carbocycles. The quantitative estimate of drug-likeness (QED) is 0.556. The summed E-state index contributed by atoms with van der Waals surface area (Å²) in [6, 6.07) is 9.15. The molecule has 0 amide bonds. The van der Waals surface area contributed by atoms with Crippen LogP contribution in [0.15, 0.2) is 45.6 Å². The molecule has 1 aliphatic heterocycles. The lowest BCUT2D eigenvalue weighted by atomic mass is 10.0. The Morgan fingerprint density at radius 1 is 1.12 bits per heavy atom. The maximum atomic E-state index is 14.0. The molecule has 3 aromatic rings. The second-order valence-corrected chi connectivity index (χ2v) is 8.21. The minimum Gasteiger partial charge on any atom is -0.507 e. The predicted molar refractivity (Wildman–Crippen MR) is 116 cm³/mol. The van der Waals surface area contributed by atoms with Gasteiger partial charge in [-0.2, -0.15) is 13.2 Å². The summed E-state index contributed by atoms with van der Waals surface area (Å²) in [4.78, 5) is 15.1. The number of fused-ring (bicyclic) bond motifs is 1. The van der Waals surface area contributed by atoms with Gasteiger partial charge in [0.25, 0.3) is 5.76 Å². The number of alkyl halides is 3. The lowest BCUT2D eigenvalue weighted by molar-refractivity contribution is -0.154. The molecule has 0 spiro atoms. The van der Waals surface area contributed by atoms with E-state index in [0.717, 1.165) is 0 Å². The topological polar surface area (TPSA) is 72.1 Å². The molecular weight excluding hydrogens is 439 g/mol. The third-order valence-electron chi connectivity index (χ3n) is 5.59. The molecule has 1 aliphatic rings. The lowest BCUT2D eigenvalue weighted by Gasteiger charge is -2.27. The Labute approximate surface area is 188 Å². The number of benzene rings is 2. The third-order valence-corrected chi connectivity index (χ3v) is 5.59. The van der Waals surface area contributed by atoms with Crippen molar-refractivity contribution in [1.29, 1.82) is 0 Å². The second kappa shape index (κ2) is 9.07. The minimum atomic E-state index is -4.99. The summed E-state index contributed by atoms with van der Waals surface area (Å²) in [6.07, 6.45) is -4.99. The zero-order valence-electron chi connectivity index (χ0n) is 18.2. The highest BCUT2D eigenvalue weighted by Gasteiger charge is 2.41. The fraction of sp³-hybridized carbons (Fsp3) is 0.375. The van der Waals surface area contributed by atoms with E-state index in [1.165, 1.54) is 18.2 Å². The number of hydrogen-bond donors (Lipinski definition) is 1. The van der Waals surface area contributed by atoms with Crippen molar-refractivity contribution in [3.8, 4) is 17.2 Å². The number of hydrogen-bond acceptors (Lipinski definition) is 6.